The van der Waals surface area contributed by atoms with Crippen molar-refractivity contribution in [3.05, 3.63) is 64.4 Å². The van der Waals surface area contributed by atoms with Crippen LogP contribution >= 0.6 is 0 Å². The average Bonchev–Trinajstić information content (AvgIpc) is 2.86. The van der Waals surface area contributed by atoms with Crippen molar-refractivity contribution in [3.63, 3.8) is 0 Å². The van der Waals surface area contributed by atoms with Gasteiger partial charge in [-0.25, -0.2) is 0 Å². The lowest BCUT2D eigenvalue weighted by Gasteiger charge is -2.46. The summed E-state index contributed by atoms with van der Waals surface area (Å²) in [5.74, 6) is -7.24. The average molecular weight is 550 g/mol. The monoisotopic (exact) mass is 549 g/mol. The van der Waals surface area contributed by atoms with Gasteiger partial charge in [0.25, 0.3) is 5.91 Å². The Morgan fingerprint density at radius 3 is 2.38 bits per heavy atom. The van der Waals surface area contributed by atoms with Crippen molar-refractivity contribution in [1.82, 2.24) is 5.06 Å². The van der Waals surface area contributed by atoms with Gasteiger partial charge in [-0.05, 0) is 53.6 Å². The molecular weight excluding hydrogens is 522 g/mol. The summed E-state index contributed by atoms with van der Waals surface area (Å²) in [5.41, 5.74) is 3.87. The van der Waals surface area contributed by atoms with Crippen LogP contribution in [0, 0.1) is 11.8 Å². The maximum atomic E-state index is 13.6. The Labute approximate surface area is 227 Å². The standard InChI is InChI=1S/C28H27N3O9/c1-31(40)11-20(34)30-15-4-2-12(3-5-15)16-6-7-18(32)22-17(16)9-13-8-14-10-19(33)23(27(29)38)26(37)28(14,39)25(36)21(13)24(22)35/h2-7,13-14,32,35,37,39-40H,8-11H2,1H3,(H2,29,38)(H,30,34). The molecule has 5 rings (SSSR count). The molecule has 40 heavy (non-hydrogen) atoms. The quantitative estimate of drug-likeness (QED) is 0.210. The van der Waals surface area contributed by atoms with Gasteiger partial charge in [0.1, 0.15) is 29.4 Å². The van der Waals surface area contributed by atoms with Crippen LogP contribution in [0.5, 0.6) is 5.75 Å². The minimum absolute atomic E-state index is 0.00649. The summed E-state index contributed by atoms with van der Waals surface area (Å²) in [4.78, 5) is 49.9. The van der Waals surface area contributed by atoms with Gasteiger partial charge in [0.2, 0.25) is 11.7 Å². The number of hydroxylamine groups is 2. The number of likely N-dealkylation sites (N-methyl/N-ethyl adjacent to an activating group) is 1. The molecule has 8 N–H and O–H groups in total. The third-order valence-electron chi connectivity index (χ3n) is 7.80. The van der Waals surface area contributed by atoms with E-state index in [0.29, 0.717) is 22.4 Å². The molecule has 2 aromatic rings. The van der Waals surface area contributed by atoms with Crippen LogP contribution in [0.1, 0.15) is 24.0 Å². The van der Waals surface area contributed by atoms with Crippen LogP contribution in [0.15, 0.2) is 53.3 Å². The number of aliphatic hydroxyl groups excluding tert-OH is 2. The van der Waals surface area contributed by atoms with E-state index in [9.17, 15) is 44.8 Å². The lowest BCUT2D eigenvalue weighted by atomic mass is 9.59. The minimum atomic E-state index is -2.62. The Morgan fingerprint density at radius 1 is 1.07 bits per heavy atom. The molecule has 2 amide bonds. The zero-order valence-electron chi connectivity index (χ0n) is 21.3. The number of benzene rings is 2. The second kappa shape index (κ2) is 9.59. The molecule has 3 aliphatic carbocycles. The van der Waals surface area contributed by atoms with Crippen LogP contribution in [0.4, 0.5) is 5.69 Å². The molecule has 1 saturated carbocycles. The van der Waals surface area contributed by atoms with E-state index in [1.54, 1.807) is 30.3 Å². The largest absolute Gasteiger partial charge is 0.508 e. The van der Waals surface area contributed by atoms with Gasteiger partial charge < -0.3 is 36.7 Å². The molecule has 1 fully saturated rings. The number of carbonyl (C=O) groups is 4. The number of nitrogens with one attached hydrogen (secondary N) is 1. The van der Waals surface area contributed by atoms with E-state index in [1.165, 1.54) is 13.1 Å². The number of aliphatic hydroxyl groups is 3. The van der Waals surface area contributed by atoms with Gasteiger partial charge in [-0.15, -0.1) is 0 Å². The van der Waals surface area contributed by atoms with Crippen molar-refractivity contribution in [2.24, 2.45) is 17.6 Å². The number of fused-ring (bicyclic) bond motifs is 3. The van der Waals surface area contributed by atoms with Crippen LogP contribution in [0.25, 0.3) is 16.9 Å². The van der Waals surface area contributed by atoms with E-state index in [4.69, 9.17) is 5.73 Å². The summed E-state index contributed by atoms with van der Waals surface area (Å²) in [6.07, 6.45) is -0.199. The minimum Gasteiger partial charge on any atom is -0.508 e. The number of hydrogen-bond acceptors (Lipinski definition) is 10. The topological polar surface area (TPSA) is 211 Å². The zero-order valence-corrected chi connectivity index (χ0v) is 21.3. The molecule has 3 atom stereocenters. The van der Waals surface area contributed by atoms with E-state index in [2.05, 4.69) is 5.32 Å². The molecule has 208 valence electrons. The molecule has 12 nitrogen and oxygen atoms in total. The number of aromatic hydroxyl groups is 1. The van der Waals surface area contributed by atoms with Gasteiger partial charge in [-0.3, -0.25) is 19.2 Å². The van der Waals surface area contributed by atoms with Gasteiger partial charge >= 0.3 is 0 Å². The van der Waals surface area contributed by atoms with E-state index in [1.807, 2.05) is 0 Å². The fourth-order valence-corrected chi connectivity index (χ4v) is 6.03. The molecule has 3 unspecified atom stereocenters. The number of Topliss-reactive ketones (excluding diaryl/α,β-unsaturated/α-hetero) is 2. The van der Waals surface area contributed by atoms with E-state index >= 15 is 0 Å². The van der Waals surface area contributed by atoms with Crippen LogP contribution in [0.3, 0.4) is 0 Å². The number of phenols is 1. The summed E-state index contributed by atoms with van der Waals surface area (Å²) in [7, 11) is 1.34. The van der Waals surface area contributed by atoms with Crippen LogP contribution in [-0.4, -0.2) is 73.3 Å². The van der Waals surface area contributed by atoms with Crippen molar-refractivity contribution < 1.29 is 44.8 Å². The number of anilines is 1. The molecule has 0 bridgehead atoms. The highest BCUT2D eigenvalue weighted by molar-refractivity contribution is 6.22. The fraction of sp³-hybridized carbons (Fsp3) is 0.286. The molecule has 3 aliphatic rings. The van der Waals surface area contributed by atoms with Crippen LogP contribution < -0.4 is 11.1 Å². The first-order chi connectivity index (χ1) is 18.8. The Bertz CT molecular complexity index is 1540. The van der Waals surface area contributed by atoms with Gasteiger partial charge in [0.15, 0.2) is 11.4 Å². The van der Waals surface area contributed by atoms with E-state index in [0.717, 1.165) is 5.06 Å². The lowest BCUT2D eigenvalue weighted by molar-refractivity contribution is -0.147. The first-order valence-electron chi connectivity index (χ1n) is 12.5. The summed E-state index contributed by atoms with van der Waals surface area (Å²) < 4.78 is 0. The van der Waals surface area contributed by atoms with Crippen molar-refractivity contribution in [2.75, 3.05) is 18.9 Å². The molecule has 0 aromatic heterocycles. The second-order valence-electron chi connectivity index (χ2n) is 10.3. The Kier molecular flexibility index (Phi) is 6.49. The van der Waals surface area contributed by atoms with Crippen molar-refractivity contribution >= 4 is 34.8 Å². The SMILES string of the molecule is CN(O)CC(=O)Nc1ccc(-c2ccc(O)c3c2CC2CC4CC(=O)C(C(N)=O)=C(O)C4(O)C(=O)C2=C3O)cc1. The third kappa shape index (κ3) is 4.13. The maximum Gasteiger partial charge on any atom is 0.255 e. The smallest absolute Gasteiger partial charge is 0.255 e. The normalized spacial score (nSPS) is 24.0. The summed E-state index contributed by atoms with van der Waals surface area (Å²) in [5, 5.41) is 56.6. The zero-order chi connectivity index (χ0) is 29.1. The number of nitrogens with zero attached hydrogens (tertiary/aromatic N) is 1. The van der Waals surface area contributed by atoms with Crippen molar-refractivity contribution in [1.29, 1.82) is 0 Å². The first-order valence-corrected chi connectivity index (χ1v) is 12.5. The number of primary amides is 1. The molecule has 0 spiro atoms. The van der Waals surface area contributed by atoms with E-state index in [-0.39, 0.29) is 36.3 Å². The molecule has 2 aromatic carbocycles. The third-order valence-corrected chi connectivity index (χ3v) is 7.80. The molecule has 0 heterocycles. The number of rotatable bonds is 5. The van der Waals surface area contributed by atoms with Gasteiger partial charge in [0.05, 0.1) is 5.56 Å². The highest BCUT2D eigenvalue weighted by Gasteiger charge is 2.60. The number of amides is 2. The van der Waals surface area contributed by atoms with Gasteiger partial charge in [-0.2, -0.15) is 5.06 Å². The molecule has 0 saturated heterocycles. The Hall–Kier alpha value is -4.52. The Balaban J connectivity index is 1.56. The van der Waals surface area contributed by atoms with Crippen molar-refractivity contribution in [2.45, 2.75) is 24.9 Å². The summed E-state index contributed by atoms with van der Waals surface area (Å²) >= 11 is 0. The number of ketones is 2. The van der Waals surface area contributed by atoms with Gasteiger partial charge in [-0.1, -0.05) is 18.2 Å². The molecular formula is C28H27N3O9. The van der Waals surface area contributed by atoms with Crippen LogP contribution in [0.2, 0.25) is 0 Å². The number of phenolic OH excluding ortho intramolecular Hbond substituents is 1. The molecule has 12 heteroatoms. The summed E-state index contributed by atoms with van der Waals surface area (Å²) in [6, 6.07) is 9.75. The van der Waals surface area contributed by atoms with Crippen molar-refractivity contribution in [3.8, 4) is 16.9 Å². The highest BCUT2D eigenvalue weighted by atomic mass is 16.5. The fourth-order valence-electron chi connectivity index (χ4n) is 6.03. The second-order valence-corrected chi connectivity index (χ2v) is 10.3. The predicted molar refractivity (Wildman–Crippen MR) is 140 cm³/mol. The summed E-state index contributed by atoms with van der Waals surface area (Å²) in [6.45, 7) is -0.222. The molecule has 0 radical (unpaired) electrons. The first kappa shape index (κ1) is 27.1. The lowest BCUT2D eigenvalue weighted by Crippen LogP contribution is -2.58. The number of carbonyl (C=O) groups excluding carboxylic acids is 4. The predicted octanol–water partition coefficient (Wildman–Crippen LogP) is 1.35. The maximum absolute atomic E-state index is 13.6. The Morgan fingerprint density at radius 2 is 1.75 bits per heavy atom. The van der Waals surface area contributed by atoms with E-state index < -0.39 is 64.3 Å². The molecule has 0 aliphatic heterocycles. The number of nitrogens with two attached hydrogens (primary N) is 1. The van der Waals surface area contributed by atoms with Gasteiger partial charge in [0, 0.05) is 30.6 Å². The highest BCUT2D eigenvalue weighted by Crippen LogP contribution is 2.53. The number of hydrogen-bond donors (Lipinski definition) is 7. The van der Waals surface area contributed by atoms with Crippen LogP contribution in [-0.2, 0) is 25.6 Å².